The van der Waals surface area contributed by atoms with Gasteiger partial charge in [0.05, 0.1) is 0 Å². The number of ketones is 1. The topological polar surface area (TPSA) is 17.1 Å². The Morgan fingerprint density at radius 2 is 2.00 bits per heavy atom. The van der Waals surface area contributed by atoms with Crippen LogP contribution in [-0.4, -0.2) is 5.78 Å². The minimum atomic E-state index is 0.400. The smallest absolute Gasteiger partial charge is 0.159 e. The fourth-order valence-electron chi connectivity index (χ4n) is 2.00. The minimum Gasteiger partial charge on any atom is -0.295 e. The Balaban J connectivity index is 2.27. The lowest BCUT2D eigenvalue weighted by atomic mass is 10.00. The molecule has 0 heterocycles. The Morgan fingerprint density at radius 3 is 2.92 bits per heavy atom. The summed E-state index contributed by atoms with van der Waals surface area (Å²) in [7, 11) is 0. The summed E-state index contributed by atoms with van der Waals surface area (Å²) in [6, 6.07) is 0. The van der Waals surface area contributed by atoms with Gasteiger partial charge >= 0.3 is 0 Å². The maximum atomic E-state index is 11.4. The molecule has 0 saturated carbocycles. The molecule has 0 aliphatic heterocycles. The van der Waals surface area contributed by atoms with Crippen molar-refractivity contribution in [3.63, 3.8) is 0 Å². The van der Waals surface area contributed by atoms with Crippen molar-refractivity contribution in [1.82, 2.24) is 0 Å². The molecule has 12 heavy (non-hydrogen) atoms. The van der Waals surface area contributed by atoms with Gasteiger partial charge in [-0.25, -0.2) is 0 Å². The molecule has 2 aliphatic rings. The first-order valence-corrected chi connectivity index (χ1v) is 4.80. The third-order valence-corrected chi connectivity index (χ3v) is 2.71. The maximum Gasteiger partial charge on any atom is 0.159 e. The number of hydrogen-bond acceptors (Lipinski definition) is 1. The maximum absolute atomic E-state index is 11.4. The van der Waals surface area contributed by atoms with Crippen LogP contribution in [0.15, 0.2) is 23.3 Å². The molecule has 0 spiro atoms. The lowest BCUT2D eigenvalue weighted by molar-refractivity contribution is -0.115. The molecule has 0 aromatic heterocycles. The van der Waals surface area contributed by atoms with Gasteiger partial charge in [0, 0.05) is 6.42 Å². The first kappa shape index (κ1) is 7.78. The van der Waals surface area contributed by atoms with Crippen molar-refractivity contribution >= 4 is 5.78 Å². The van der Waals surface area contributed by atoms with Gasteiger partial charge in [-0.3, -0.25) is 4.79 Å². The molecule has 0 saturated heterocycles. The normalized spacial score (nSPS) is 23.8. The Labute approximate surface area is 73.2 Å². The summed E-state index contributed by atoms with van der Waals surface area (Å²) >= 11 is 0. The highest BCUT2D eigenvalue weighted by atomic mass is 16.1. The highest BCUT2D eigenvalue weighted by Crippen LogP contribution is 2.29. The monoisotopic (exact) mass is 162 g/mol. The van der Waals surface area contributed by atoms with E-state index in [-0.39, 0.29) is 0 Å². The minimum absolute atomic E-state index is 0.400. The molecule has 1 heteroatoms. The second-order valence-electron chi connectivity index (χ2n) is 3.58. The zero-order valence-electron chi connectivity index (χ0n) is 7.31. The van der Waals surface area contributed by atoms with Crippen LogP contribution in [0.2, 0.25) is 0 Å². The van der Waals surface area contributed by atoms with E-state index < -0.39 is 0 Å². The van der Waals surface area contributed by atoms with Crippen molar-refractivity contribution in [3.05, 3.63) is 23.3 Å². The quantitative estimate of drug-likeness (QED) is 0.535. The summed E-state index contributed by atoms with van der Waals surface area (Å²) in [4.78, 5) is 11.4. The predicted molar refractivity (Wildman–Crippen MR) is 48.9 cm³/mol. The predicted octanol–water partition coefficient (Wildman–Crippen LogP) is 2.78. The summed E-state index contributed by atoms with van der Waals surface area (Å²) < 4.78 is 0. The van der Waals surface area contributed by atoms with Gasteiger partial charge in [-0.05, 0) is 43.3 Å². The number of carbonyl (C=O) groups excluding carboxylic acids is 1. The molecule has 0 unspecified atom stereocenters. The van der Waals surface area contributed by atoms with Gasteiger partial charge < -0.3 is 0 Å². The van der Waals surface area contributed by atoms with E-state index in [2.05, 4.69) is 12.2 Å². The Hall–Kier alpha value is -0.850. The third kappa shape index (κ3) is 1.36. The number of allylic oxidation sites excluding steroid dienone is 4. The zero-order valence-corrected chi connectivity index (χ0v) is 7.31. The van der Waals surface area contributed by atoms with E-state index >= 15 is 0 Å². The van der Waals surface area contributed by atoms with Crippen LogP contribution in [0.1, 0.15) is 38.5 Å². The highest BCUT2D eigenvalue weighted by molar-refractivity contribution is 5.99. The number of Topliss-reactive ketones (excluding diaryl/α,β-unsaturated/α-hetero) is 1. The van der Waals surface area contributed by atoms with Crippen molar-refractivity contribution in [1.29, 1.82) is 0 Å². The fraction of sp³-hybridized carbons (Fsp3) is 0.545. The van der Waals surface area contributed by atoms with Crippen molar-refractivity contribution < 1.29 is 4.79 Å². The average molecular weight is 162 g/mol. The van der Waals surface area contributed by atoms with E-state index in [9.17, 15) is 4.79 Å². The van der Waals surface area contributed by atoms with Gasteiger partial charge in [0.15, 0.2) is 5.78 Å². The first-order valence-electron chi connectivity index (χ1n) is 4.80. The van der Waals surface area contributed by atoms with E-state index in [1.807, 2.05) is 0 Å². The molecule has 0 amide bonds. The largest absolute Gasteiger partial charge is 0.295 e. The van der Waals surface area contributed by atoms with Crippen LogP contribution in [0.4, 0.5) is 0 Å². The summed E-state index contributed by atoms with van der Waals surface area (Å²) in [6.07, 6.45) is 10.8. The molecular formula is C11H14O. The Kier molecular flexibility index (Phi) is 2.11. The molecular weight excluding hydrogens is 148 g/mol. The van der Waals surface area contributed by atoms with Crippen LogP contribution < -0.4 is 0 Å². The molecule has 0 aromatic rings. The van der Waals surface area contributed by atoms with Gasteiger partial charge in [0.2, 0.25) is 0 Å². The van der Waals surface area contributed by atoms with Crippen LogP contribution in [0.25, 0.3) is 0 Å². The number of hydrogen-bond donors (Lipinski definition) is 0. The van der Waals surface area contributed by atoms with Crippen LogP contribution in [-0.2, 0) is 4.79 Å². The second kappa shape index (κ2) is 3.26. The lowest BCUT2D eigenvalue weighted by Gasteiger charge is -2.05. The second-order valence-corrected chi connectivity index (χ2v) is 3.58. The van der Waals surface area contributed by atoms with Crippen LogP contribution >= 0.6 is 0 Å². The lowest BCUT2D eigenvalue weighted by Crippen LogP contribution is -1.97. The standard InChI is InChI=1S/C11H14O/c12-11-8-7-9-5-3-1-2-4-6-10(9)11/h3,5H,1-2,4,6-8H2. The number of carbonyl (C=O) groups is 1. The highest BCUT2D eigenvalue weighted by Gasteiger charge is 2.20. The molecule has 0 aromatic carbocycles. The molecule has 0 N–H and O–H groups in total. The van der Waals surface area contributed by atoms with Crippen molar-refractivity contribution in [3.8, 4) is 0 Å². The molecule has 0 radical (unpaired) electrons. The van der Waals surface area contributed by atoms with E-state index in [1.165, 1.54) is 24.8 Å². The molecule has 64 valence electrons. The van der Waals surface area contributed by atoms with Crippen molar-refractivity contribution in [2.24, 2.45) is 0 Å². The summed E-state index contributed by atoms with van der Waals surface area (Å²) in [6.45, 7) is 0. The number of rotatable bonds is 0. The molecule has 2 aliphatic carbocycles. The van der Waals surface area contributed by atoms with E-state index in [1.54, 1.807) is 0 Å². The third-order valence-electron chi connectivity index (χ3n) is 2.71. The molecule has 1 nitrogen and oxygen atoms in total. The molecule has 0 fully saturated rings. The van der Waals surface area contributed by atoms with Crippen molar-refractivity contribution in [2.45, 2.75) is 38.5 Å². The van der Waals surface area contributed by atoms with Gasteiger partial charge in [0.25, 0.3) is 0 Å². The fourth-order valence-corrected chi connectivity index (χ4v) is 2.00. The van der Waals surface area contributed by atoms with Gasteiger partial charge in [-0.15, -0.1) is 0 Å². The Morgan fingerprint density at radius 1 is 1.08 bits per heavy atom. The summed E-state index contributed by atoms with van der Waals surface area (Å²) in [5.74, 6) is 0.400. The SMILES string of the molecule is O=C1CCC2=C1CCCCC=C2. The summed E-state index contributed by atoms with van der Waals surface area (Å²) in [5.41, 5.74) is 2.45. The average Bonchev–Trinajstić information content (AvgIpc) is 2.31. The zero-order chi connectivity index (χ0) is 8.39. The first-order chi connectivity index (χ1) is 5.88. The van der Waals surface area contributed by atoms with Crippen LogP contribution in [0.5, 0.6) is 0 Å². The van der Waals surface area contributed by atoms with Crippen LogP contribution in [0, 0.1) is 0 Å². The van der Waals surface area contributed by atoms with E-state index in [0.717, 1.165) is 24.8 Å². The van der Waals surface area contributed by atoms with Crippen LogP contribution in [0.3, 0.4) is 0 Å². The van der Waals surface area contributed by atoms with Gasteiger partial charge in [-0.2, -0.15) is 0 Å². The van der Waals surface area contributed by atoms with Gasteiger partial charge in [-0.1, -0.05) is 12.2 Å². The van der Waals surface area contributed by atoms with E-state index in [4.69, 9.17) is 0 Å². The van der Waals surface area contributed by atoms with Gasteiger partial charge in [0.1, 0.15) is 0 Å². The molecule has 2 rings (SSSR count). The van der Waals surface area contributed by atoms with E-state index in [0.29, 0.717) is 5.78 Å². The Bertz CT molecular complexity index is 258. The molecule has 0 atom stereocenters. The molecule has 0 bridgehead atoms. The van der Waals surface area contributed by atoms with Crippen molar-refractivity contribution in [2.75, 3.05) is 0 Å². The summed E-state index contributed by atoms with van der Waals surface area (Å²) in [5, 5.41) is 0.